The molecule has 2 saturated heterocycles. The number of ether oxygens (including phenoxy) is 1. The maximum atomic E-state index is 13.2. The number of hydrogen-bond acceptors (Lipinski definition) is 5. The van der Waals surface area contributed by atoms with Gasteiger partial charge in [-0.3, -0.25) is 9.59 Å². The van der Waals surface area contributed by atoms with Crippen molar-refractivity contribution in [3.05, 3.63) is 65.4 Å². The van der Waals surface area contributed by atoms with E-state index in [1.54, 1.807) is 12.1 Å². The fraction of sp³-hybridized carbons (Fsp3) is 0.300. The molecule has 140 valence electrons. The zero-order chi connectivity index (χ0) is 19.0. The Kier molecular flexibility index (Phi) is 4.53. The summed E-state index contributed by atoms with van der Waals surface area (Å²) in [6.45, 7) is 0.853. The van der Waals surface area contributed by atoms with Crippen LogP contribution < -0.4 is 0 Å². The van der Waals surface area contributed by atoms with E-state index in [9.17, 15) is 19.1 Å². The first kappa shape index (κ1) is 17.5. The molecule has 1 amide bonds. The molecule has 0 spiro atoms. The Balaban J connectivity index is 1.78. The highest BCUT2D eigenvalue weighted by Crippen LogP contribution is 2.40. The van der Waals surface area contributed by atoms with E-state index < -0.39 is 23.5 Å². The number of furan rings is 1. The maximum Gasteiger partial charge on any atom is 0.295 e. The Morgan fingerprint density at radius 1 is 1.22 bits per heavy atom. The Morgan fingerprint density at radius 2 is 2.00 bits per heavy atom. The average molecular weight is 371 g/mol. The summed E-state index contributed by atoms with van der Waals surface area (Å²) in [4.78, 5) is 26.8. The van der Waals surface area contributed by atoms with Crippen molar-refractivity contribution in [1.82, 2.24) is 4.90 Å². The molecule has 7 heteroatoms. The minimum atomic E-state index is -0.853. The zero-order valence-corrected chi connectivity index (χ0v) is 14.4. The summed E-state index contributed by atoms with van der Waals surface area (Å²) in [5.74, 6) is -1.96. The predicted octanol–water partition coefficient (Wildman–Crippen LogP) is 3.02. The molecule has 2 aromatic rings. The van der Waals surface area contributed by atoms with Crippen LogP contribution in [0.25, 0.3) is 5.76 Å². The quantitative estimate of drug-likeness (QED) is 0.508. The molecule has 2 unspecified atom stereocenters. The topological polar surface area (TPSA) is 80.0 Å². The third kappa shape index (κ3) is 3.14. The van der Waals surface area contributed by atoms with Crippen LogP contribution in [-0.2, 0) is 14.3 Å². The highest BCUT2D eigenvalue weighted by molar-refractivity contribution is 6.46. The molecule has 0 saturated carbocycles. The third-order valence-electron chi connectivity index (χ3n) is 4.89. The molecule has 0 aliphatic carbocycles. The number of aliphatic hydroxyl groups is 1. The molecule has 3 heterocycles. The van der Waals surface area contributed by atoms with E-state index in [2.05, 4.69) is 0 Å². The number of carbonyl (C=O) groups is 2. The minimum Gasteiger partial charge on any atom is -0.507 e. The number of carbonyl (C=O) groups excluding carboxylic acids is 2. The molecule has 27 heavy (non-hydrogen) atoms. The van der Waals surface area contributed by atoms with Crippen molar-refractivity contribution in [3.63, 3.8) is 0 Å². The number of likely N-dealkylation sites (tertiary alicyclic amines) is 1. The van der Waals surface area contributed by atoms with E-state index in [-0.39, 0.29) is 29.5 Å². The molecule has 2 fully saturated rings. The second-order valence-electron chi connectivity index (χ2n) is 6.61. The van der Waals surface area contributed by atoms with Gasteiger partial charge in [-0.25, -0.2) is 4.39 Å². The summed E-state index contributed by atoms with van der Waals surface area (Å²) in [5.41, 5.74) is 0.183. The van der Waals surface area contributed by atoms with Gasteiger partial charge in [-0.1, -0.05) is 0 Å². The van der Waals surface area contributed by atoms with Crippen molar-refractivity contribution in [2.24, 2.45) is 0 Å². The Bertz CT molecular complexity index is 882. The minimum absolute atomic E-state index is 0.0699. The number of amides is 1. The fourth-order valence-electron chi connectivity index (χ4n) is 3.58. The zero-order valence-electron chi connectivity index (χ0n) is 14.4. The molecule has 1 aromatic carbocycles. The smallest absolute Gasteiger partial charge is 0.295 e. The van der Waals surface area contributed by atoms with Gasteiger partial charge in [0.15, 0.2) is 0 Å². The van der Waals surface area contributed by atoms with Crippen LogP contribution in [-0.4, -0.2) is 41.0 Å². The molecular formula is C20H18FNO5. The molecular weight excluding hydrogens is 353 g/mol. The maximum absolute atomic E-state index is 13.2. The Labute approximate surface area is 154 Å². The van der Waals surface area contributed by atoms with Gasteiger partial charge in [-0.2, -0.15) is 0 Å². The number of benzene rings is 1. The first-order valence-corrected chi connectivity index (χ1v) is 8.75. The molecule has 1 N–H and O–H groups in total. The fourth-order valence-corrected chi connectivity index (χ4v) is 3.58. The standard InChI is InChI=1S/C20H18FNO5/c21-13-7-5-12(6-8-13)18(23)16-17(15-4-2-10-27-15)22(20(25)19(16)24)11-14-3-1-9-26-14/h2,4-8,10,14,17,23H,1,3,9,11H2. The van der Waals surface area contributed by atoms with Crippen LogP contribution >= 0.6 is 0 Å². The van der Waals surface area contributed by atoms with E-state index in [0.717, 1.165) is 12.8 Å². The van der Waals surface area contributed by atoms with Crippen molar-refractivity contribution < 1.29 is 28.2 Å². The first-order chi connectivity index (χ1) is 13.1. The van der Waals surface area contributed by atoms with Crippen molar-refractivity contribution in [1.29, 1.82) is 0 Å². The van der Waals surface area contributed by atoms with Crippen LogP contribution in [0.2, 0.25) is 0 Å². The predicted molar refractivity (Wildman–Crippen MR) is 93.1 cm³/mol. The van der Waals surface area contributed by atoms with E-state index in [1.807, 2.05) is 0 Å². The first-order valence-electron chi connectivity index (χ1n) is 8.75. The highest BCUT2D eigenvalue weighted by atomic mass is 19.1. The summed E-state index contributed by atoms with van der Waals surface area (Å²) in [6.07, 6.45) is 2.98. The van der Waals surface area contributed by atoms with E-state index in [0.29, 0.717) is 12.4 Å². The van der Waals surface area contributed by atoms with E-state index >= 15 is 0 Å². The number of Topliss-reactive ketones (excluding diaryl/α,β-unsaturated/α-hetero) is 1. The second-order valence-corrected chi connectivity index (χ2v) is 6.61. The molecule has 4 rings (SSSR count). The van der Waals surface area contributed by atoms with Crippen molar-refractivity contribution >= 4 is 17.4 Å². The number of nitrogens with zero attached hydrogens (tertiary/aromatic N) is 1. The average Bonchev–Trinajstić information content (AvgIpc) is 3.40. The van der Waals surface area contributed by atoms with Gasteiger partial charge in [0, 0.05) is 18.7 Å². The van der Waals surface area contributed by atoms with Gasteiger partial charge < -0.3 is 19.2 Å². The largest absolute Gasteiger partial charge is 0.507 e. The van der Waals surface area contributed by atoms with Crippen LogP contribution in [0.15, 0.2) is 52.7 Å². The van der Waals surface area contributed by atoms with Crippen LogP contribution in [0.3, 0.4) is 0 Å². The van der Waals surface area contributed by atoms with Crippen LogP contribution in [0.5, 0.6) is 0 Å². The molecule has 0 bridgehead atoms. The lowest BCUT2D eigenvalue weighted by Crippen LogP contribution is -2.36. The molecule has 6 nitrogen and oxygen atoms in total. The summed E-state index contributed by atoms with van der Waals surface area (Å²) < 4.78 is 24.3. The highest BCUT2D eigenvalue weighted by Gasteiger charge is 2.48. The van der Waals surface area contributed by atoms with Crippen LogP contribution in [0.4, 0.5) is 4.39 Å². The van der Waals surface area contributed by atoms with E-state index in [1.165, 1.54) is 35.4 Å². The van der Waals surface area contributed by atoms with Crippen LogP contribution in [0.1, 0.15) is 30.2 Å². The van der Waals surface area contributed by atoms with Crippen molar-refractivity contribution in [2.75, 3.05) is 13.2 Å². The molecule has 2 atom stereocenters. The number of aliphatic hydroxyl groups excluding tert-OH is 1. The lowest BCUT2D eigenvalue weighted by molar-refractivity contribution is -0.141. The molecule has 2 aliphatic rings. The van der Waals surface area contributed by atoms with Gasteiger partial charge in [-0.15, -0.1) is 0 Å². The lowest BCUT2D eigenvalue weighted by Gasteiger charge is -2.25. The lowest BCUT2D eigenvalue weighted by atomic mass is 9.99. The second kappa shape index (κ2) is 7.00. The van der Waals surface area contributed by atoms with Gasteiger partial charge in [0.2, 0.25) is 0 Å². The van der Waals surface area contributed by atoms with Gasteiger partial charge in [0.1, 0.15) is 23.4 Å². The summed E-state index contributed by atoms with van der Waals surface area (Å²) >= 11 is 0. The van der Waals surface area contributed by atoms with Gasteiger partial charge >= 0.3 is 0 Å². The number of rotatable bonds is 4. The van der Waals surface area contributed by atoms with Gasteiger partial charge in [-0.05, 0) is 49.2 Å². The van der Waals surface area contributed by atoms with E-state index in [4.69, 9.17) is 9.15 Å². The number of halogens is 1. The van der Waals surface area contributed by atoms with Crippen molar-refractivity contribution in [3.8, 4) is 0 Å². The number of hydrogen-bond donors (Lipinski definition) is 1. The molecule has 2 aliphatic heterocycles. The SMILES string of the molecule is O=C1C(=O)N(CC2CCCO2)C(c2ccco2)C1=C(O)c1ccc(F)cc1. The summed E-state index contributed by atoms with van der Waals surface area (Å²) in [6, 6.07) is 7.53. The summed E-state index contributed by atoms with van der Waals surface area (Å²) in [5, 5.41) is 10.7. The Morgan fingerprint density at radius 3 is 2.63 bits per heavy atom. The molecule has 1 aromatic heterocycles. The van der Waals surface area contributed by atoms with Crippen LogP contribution in [0, 0.1) is 5.82 Å². The number of ketones is 1. The monoisotopic (exact) mass is 371 g/mol. The molecule has 0 radical (unpaired) electrons. The Hall–Kier alpha value is -2.93. The summed E-state index contributed by atoms with van der Waals surface area (Å²) in [7, 11) is 0. The van der Waals surface area contributed by atoms with Gasteiger partial charge in [0.25, 0.3) is 11.7 Å². The third-order valence-corrected chi connectivity index (χ3v) is 4.89. The van der Waals surface area contributed by atoms with Crippen molar-refractivity contribution in [2.45, 2.75) is 25.0 Å². The van der Waals surface area contributed by atoms with Gasteiger partial charge in [0.05, 0.1) is 17.9 Å². The normalized spacial score (nSPS) is 24.7.